The summed E-state index contributed by atoms with van der Waals surface area (Å²) >= 11 is 0. The fourth-order valence-corrected chi connectivity index (χ4v) is 2.91. The van der Waals surface area contributed by atoms with Crippen molar-refractivity contribution in [2.75, 3.05) is 24.6 Å². The minimum absolute atomic E-state index is 0.583. The molecule has 2 atom stereocenters. The van der Waals surface area contributed by atoms with Crippen LogP contribution in [0.4, 0.5) is 5.69 Å². The van der Waals surface area contributed by atoms with E-state index in [4.69, 9.17) is 5.73 Å². The SMILES string of the molecule is CCC1C(CN)CN(c2ccccc2)N1CC. The minimum Gasteiger partial charge on any atom is -0.330 e. The summed E-state index contributed by atoms with van der Waals surface area (Å²) in [5.74, 6) is 0.583. The standard InChI is InChI=1S/C14H23N3/c1-3-14-12(10-15)11-17(16(14)4-2)13-8-6-5-7-9-13/h5-9,12,14H,3-4,10-11,15H2,1-2H3. The van der Waals surface area contributed by atoms with E-state index in [-0.39, 0.29) is 0 Å². The maximum atomic E-state index is 5.90. The van der Waals surface area contributed by atoms with Gasteiger partial charge in [0.25, 0.3) is 0 Å². The third-order valence-corrected chi connectivity index (χ3v) is 3.74. The second-order valence-corrected chi connectivity index (χ2v) is 4.64. The number of rotatable bonds is 4. The van der Waals surface area contributed by atoms with Crippen LogP contribution < -0.4 is 10.7 Å². The van der Waals surface area contributed by atoms with Gasteiger partial charge >= 0.3 is 0 Å². The molecule has 3 nitrogen and oxygen atoms in total. The Kier molecular flexibility index (Phi) is 4.02. The molecular weight excluding hydrogens is 210 g/mol. The Morgan fingerprint density at radius 3 is 2.47 bits per heavy atom. The Morgan fingerprint density at radius 1 is 1.24 bits per heavy atom. The van der Waals surface area contributed by atoms with Crippen molar-refractivity contribution in [2.24, 2.45) is 11.7 Å². The van der Waals surface area contributed by atoms with E-state index in [0.717, 1.165) is 19.6 Å². The number of para-hydroxylation sites is 1. The van der Waals surface area contributed by atoms with Crippen LogP contribution in [0.5, 0.6) is 0 Å². The predicted octanol–water partition coefficient (Wildman–Crippen LogP) is 2.10. The van der Waals surface area contributed by atoms with Gasteiger partial charge in [-0.25, -0.2) is 5.01 Å². The van der Waals surface area contributed by atoms with Crippen molar-refractivity contribution in [1.82, 2.24) is 5.01 Å². The molecule has 1 aliphatic rings. The van der Waals surface area contributed by atoms with Gasteiger partial charge in [0.05, 0.1) is 5.69 Å². The number of benzene rings is 1. The zero-order valence-electron chi connectivity index (χ0n) is 10.8. The van der Waals surface area contributed by atoms with Gasteiger partial charge in [0, 0.05) is 25.0 Å². The minimum atomic E-state index is 0.583. The lowest BCUT2D eigenvalue weighted by Gasteiger charge is -2.32. The van der Waals surface area contributed by atoms with Gasteiger partial charge in [0.1, 0.15) is 0 Å². The Balaban J connectivity index is 2.23. The summed E-state index contributed by atoms with van der Waals surface area (Å²) in [6.07, 6.45) is 1.17. The number of nitrogens with zero attached hydrogens (tertiary/aromatic N) is 2. The molecule has 2 N–H and O–H groups in total. The lowest BCUT2D eigenvalue weighted by atomic mass is 9.99. The molecule has 3 heteroatoms. The van der Waals surface area contributed by atoms with Crippen LogP contribution in [0, 0.1) is 5.92 Å². The quantitative estimate of drug-likeness (QED) is 0.864. The fraction of sp³-hybridized carbons (Fsp3) is 0.571. The monoisotopic (exact) mass is 233 g/mol. The van der Waals surface area contributed by atoms with E-state index in [9.17, 15) is 0 Å². The van der Waals surface area contributed by atoms with Gasteiger partial charge in [-0.3, -0.25) is 0 Å². The molecule has 1 aliphatic heterocycles. The molecule has 0 saturated carbocycles. The molecule has 94 valence electrons. The topological polar surface area (TPSA) is 32.5 Å². The average Bonchev–Trinajstić information content (AvgIpc) is 2.77. The van der Waals surface area contributed by atoms with Crippen molar-refractivity contribution in [1.29, 1.82) is 0 Å². The predicted molar refractivity (Wildman–Crippen MR) is 72.8 cm³/mol. The van der Waals surface area contributed by atoms with Crippen LogP contribution >= 0.6 is 0 Å². The van der Waals surface area contributed by atoms with Gasteiger partial charge in [0.15, 0.2) is 0 Å². The van der Waals surface area contributed by atoms with E-state index in [0.29, 0.717) is 12.0 Å². The smallest absolute Gasteiger partial charge is 0.0522 e. The van der Waals surface area contributed by atoms with Crippen molar-refractivity contribution in [2.45, 2.75) is 26.3 Å². The lowest BCUT2D eigenvalue weighted by molar-refractivity contribution is 0.216. The number of hydrogen-bond acceptors (Lipinski definition) is 3. The Labute approximate surface area is 104 Å². The van der Waals surface area contributed by atoms with E-state index in [2.05, 4.69) is 54.2 Å². The molecule has 17 heavy (non-hydrogen) atoms. The molecule has 0 aliphatic carbocycles. The van der Waals surface area contributed by atoms with Gasteiger partial charge in [-0.2, -0.15) is 0 Å². The average molecular weight is 233 g/mol. The molecular formula is C14H23N3. The number of hydrogen-bond donors (Lipinski definition) is 1. The highest BCUT2D eigenvalue weighted by Gasteiger charge is 2.36. The summed E-state index contributed by atoms with van der Waals surface area (Å²) in [6, 6.07) is 11.2. The van der Waals surface area contributed by atoms with Crippen LogP contribution in [0.1, 0.15) is 20.3 Å². The van der Waals surface area contributed by atoms with Gasteiger partial charge in [-0.05, 0) is 25.1 Å². The van der Waals surface area contributed by atoms with Crippen LogP contribution in [-0.4, -0.2) is 30.7 Å². The van der Waals surface area contributed by atoms with Crippen LogP contribution in [0.3, 0.4) is 0 Å². The van der Waals surface area contributed by atoms with Crippen LogP contribution in [0.2, 0.25) is 0 Å². The van der Waals surface area contributed by atoms with Crippen molar-refractivity contribution in [3.8, 4) is 0 Å². The Bertz CT molecular complexity index is 339. The first-order valence-electron chi connectivity index (χ1n) is 6.61. The molecule has 0 bridgehead atoms. The summed E-state index contributed by atoms with van der Waals surface area (Å²) in [4.78, 5) is 0. The first kappa shape index (κ1) is 12.4. The molecule has 0 radical (unpaired) electrons. The van der Waals surface area contributed by atoms with Gasteiger partial charge in [0.2, 0.25) is 0 Å². The third kappa shape index (κ3) is 2.31. The van der Waals surface area contributed by atoms with Crippen molar-refractivity contribution in [3.05, 3.63) is 30.3 Å². The van der Waals surface area contributed by atoms with Gasteiger partial charge in [-0.15, -0.1) is 0 Å². The molecule has 2 rings (SSSR count). The fourth-order valence-electron chi connectivity index (χ4n) is 2.91. The maximum Gasteiger partial charge on any atom is 0.0522 e. The highest BCUT2D eigenvalue weighted by Crippen LogP contribution is 2.30. The second kappa shape index (κ2) is 5.52. The molecule has 1 saturated heterocycles. The van der Waals surface area contributed by atoms with Crippen LogP contribution in [0.25, 0.3) is 0 Å². The normalized spacial score (nSPS) is 25.5. The van der Waals surface area contributed by atoms with Crippen LogP contribution in [0.15, 0.2) is 30.3 Å². The third-order valence-electron chi connectivity index (χ3n) is 3.74. The van der Waals surface area contributed by atoms with E-state index in [1.54, 1.807) is 0 Å². The molecule has 1 aromatic rings. The first-order valence-corrected chi connectivity index (χ1v) is 6.61. The van der Waals surface area contributed by atoms with Crippen molar-refractivity contribution >= 4 is 5.69 Å². The highest BCUT2D eigenvalue weighted by atomic mass is 15.7. The lowest BCUT2D eigenvalue weighted by Crippen LogP contribution is -2.41. The van der Waals surface area contributed by atoms with E-state index in [1.807, 2.05) is 0 Å². The van der Waals surface area contributed by atoms with Crippen LogP contribution in [-0.2, 0) is 0 Å². The molecule has 1 aromatic carbocycles. The molecule has 1 fully saturated rings. The molecule has 1 heterocycles. The maximum absolute atomic E-state index is 5.90. The Hall–Kier alpha value is -1.06. The highest BCUT2D eigenvalue weighted by molar-refractivity contribution is 5.46. The summed E-state index contributed by atoms with van der Waals surface area (Å²) in [7, 11) is 0. The van der Waals surface area contributed by atoms with E-state index < -0.39 is 0 Å². The zero-order valence-corrected chi connectivity index (χ0v) is 10.8. The number of hydrazine groups is 1. The summed E-state index contributed by atoms with van der Waals surface area (Å²) in [5, 5.41) is 4.86. The second-order valence-electron chi connectivity index (χ2n) is 4.64. The Morgan fingerprint density at radius 2 is 1.94 bits per heavy atom. The summed E-state index contributed by atoms with van der Waals surface area (Å²) in [5.41, 5.74) is 7.18. The molecule has 0 amide bonds. The van der Waals surface area contributed by atoms with E-state index in [1.165, 1.54) is 12.1 Å². The van der Waals surface area contributed by atoms with Gasteiger partial charge < -0.3 is 10.7 Å². The zero-order chi connectivity index (χ0) is 12.3. The number of nitrogens with two attached hydrogens (primary N) is 1. The molecule has 2 unspecified atom stereocenters. The van der Waals surface area contributed by atoms with Gasteiger partial charge in [-0.1, -0.05) is 32.0 Å². The molecule has 0 aromatic heterocycles. The van der Waals surface area contributed by atoms with Crippen molar-refractivity contribution in [3.63, 3.8) is 0 Å². The van der Waals surface area contributed by atoms with E-state index >= 15 is 0 Å². The first-order chi connectivity index (χ1) is 8.31. The summed E-state index contributed by atoms with van der Waals surface area (Å²) < 4.78 is 0. The molecule has 0 spiro atoms. The largest absolute Gasteiger partial charge is 0.330 e. The summed E-state index contributed by atoms with van der Waals surface area (Å²) in [6.45, 7) is 7.34. The van der Waals surface area contributed by atoms with Crippen molar-refractivity contribution < 1.29 is 0 Å². The number of anilines is 1.